The van der Waals surface area contributed by atoms with Crippen LogP contribution < -0.4 is 20.5 Å². The lowest BCUT2D eigenvalue weighted by Gasteiger charge is -2.15. The van der Waals surface area contributed by atoms with Crippen LogP contribution in [0.25, 0.3) is 6.08 Å². The van der Waals surface area contributed by atoms with Crippen LogP contribution >= 0.6 is 12.2 Å². The maximum atomic E-state index is 12.4. The van der Waals surface area contributed by atoms with E-state index in [-0.39, 0.29) is 29.0 Å². The number of ether oxygens (including phenoxy) is 2. The van der Waals surface area contributed by atoms with Crippen LogP contribution in [0.15, 0.2) is 48.0 Å². The van der Waals surface area contributed by atoms with Gasteiger partial charge in [-0.05, 0) is 48.2 Å². The van der Waals surface area contributed by atoms with Crippen LogP contribution in [0.1, 0.15) is 37.8 Å². The first-order valence-corrected chi connectivity index (χ1v) is 9.96. The van der Waals surface area contributed by atoms with E-state index in [2.05, 4.69) is 19.2 Å². The third kappa shape index (κ3) is 6.33. The molecule has 0 aliphatic rings. The minimum atomic E-state index is -0.269. The molecule has 0 heterocycles. The summed E-state index contributed by atoms with van der Waals surface area (Å²) < 4.78 is 11.3. The number of anilines is 1. The van der Waals surface area contributed by atoms with Gasteiger partial charge < -0.3 is 20.5 Å². The van der Waals surface area contributed by atoms with Crippen molar-refractivity contribution in [3.05, 3.63) is 59.2 Å². The molecule has 0 bridgehead atoms. The van der Waals surface area contributed by atoms with E-state index in [0.717, 1.165) is 11.3 Å². The Balaban J connectivity index is 2.14. The second kappa shape index (κ2) is 11.0. The number of amides is 1. The predicted octanol–water partition coefficient (Wildman–Crippen LogP) is 4.42. The smallest absolute Gasteiger partial charge is 0.262 e. The Morgan fingerprint density at radius 2 is 1.97 bits per heavy atom. The number of carbonyl (C=O) groups excluding carboxylic acids is 1. The summed E-state index contributed by atoms with van der Waals surface area (Å²) >= 11 is 4.86. The van der Waals surface area contributed by atoms with E-state index in [9.17, 15) is 4.79 Å². The number of hydrogen-bond acceptors (Lipinski definition) is 5. The number of nitriles is 1. The Labute approximate surface area is 182 Å². The minimum Gasteiger partial charge on any atom is -0.490 e. The highest BCUT2D eigenvalue weighted by Crippen LogP contribution is 2.30. The van der Waals surface area contributed by atoms with E-state index in [1.807, 2.05) is 37.3 Å². The van der Waals surface area contributed by atoms with Crippen LogP contribution in [-0.4, -0.2) is 24.1 Å². The summed E-state index contributed by atoms with van der Waals surface area (Å²) in [7, 11) is 0. The van der Waals surface area contributed by atoms with Crippen molar-refractivity contribution < 1.29 is 14.3 Å². The third-order valence-corrected chi connectivity index (χ3v) is 4.40. The van der Waals surface area contributed by atoms with E-state index >= 15 is 0 Å². The number of benzene rings is 2. The first-order valence-electron chi connectivity index (χ1n) is 9.55. The fraction of sp³-hybridized carbons (Fsp3) is 0.261. The zero-order chi connectivity index (χ0) is 22.1. The van der Waals surface area contributed by atoms with Crippen molar-refractivity contribution in [2.24, 2.45) is 5.73 Å². The molecule has 2 rings (SSSR count). The summed E-state index contributed by atoms with van der Waals surface area (Å²) in [6.07, 6.45) is 1.57. The maximum absolute atomic E-state index is 12.4. The zero-order valence-corrected chi connectivity index (χ0v) is 18.1. The largest absolute Gasteiger partial charge is 0.490 e. The molecule has 0 atom stereocenters. The highest BCUT2D eigenvalue weighted by Gasteiger charge is 2.12. The molecule has 0 radical (unpaired) electrons. The average Bonchev–Trinajstić information content (AvgIpc) is 2.71. The molecule has 3 N–H and O–H groups in total. The second-order valence-electron chi connectivity index (χ2n) is 6.75. The lowest BCUT2D eigenvalue weighted by Crippen LogP contribution is -2.21. The van der Waals surface area contributed by atoms with Crippen LogP contribution in [0.5, 0.6) is 11.5 Å². The van der Waals surface area contributed by atoms with Crippen molar-refractivity contribution in [3.8, 4) is 17.6 Å². The topological polar surface area (TPSA) is 97.4 Å². The molecule has 0 aliphatic carbocycles. The molecule has 2 aromatic rings. The molecule has 6 nitrogen and oxygen atoms in total. The normalized spacial score (nSPS) is 11.0. The number of hydrogen-bond donors (Lipinski definition) is 2. The van der Waals surface area contributed by atoms with Crippen molar-refractivity contribution in [2.45, 2.75) is 26.7 Å². The predicted molar refractivity (Wildman–Crippen MR) is 123 cm³/mol. The van der Waals surface area contributed by atoms with Crippen LogP contribution in [0.3, 0.4) is 0 Å². The van der Waals surface area contributed by atoms with E-state index < -0.39 is 0 Å². The summed E-state index contributed by atoms with van der Waals surface area (Å²) in [6.45, 7) is 6.23. The monoisotopic (exact) mass is 423 g/mol. The van der Waals surface area contributed by atoms with Crippen molar-refractivity contribution in [1.82, 2.24) is 0 Å². The van der Waals surface area contributed by atoms with Gasteiger partial charge in [0.15, 0.2) is 18.1 Å². The average molecular weight is 424 g/mol. The van der Waals surface area contributed by atoms with Crippen LogP contribution in [0.4, 0.5) is 5.69 Å². The second-order valence-corrected chi connectivity index (χ2v) is 7.19. The lowest BCUT2D eigenvalue weighted by atomic mass is 10.0. The molecule has 156 valence electrons. The zero-order valence-electron chi connectivity index (χ0n) is 17.3. The standard InChI is InChI=1S/C23H25N3O3S/c1-4-28-21-12-16(11-17(13-24)23(25)30)9-10-20(21)29-14-22(27)26-19-8-6-5-7-18(19)15(2)3/h5-12,15H,4,14H2,1-3H3,(H2,25,30)(H,26,27)/b17-11+. The maximum Gasteiger partial charge on any atom is 0.262 e. The molecular weight excluding hydrogens is 398 g/mol. The Morgan fingerprint density at radius 1 is 1.23 bits per heavy atom. The molecule has 2 aromatic carbocycles. The Kier molecular flexibility index (Phi) is 8.39. The van der Waals surface area contributed by atoms with Gasteiger partial charge in [-0.2, -0.15) is 5.26 Å². The van der Waals surface area contributed by atoms with Gasteiger partial charge >= 0.3 is 0 Å². The highest BCUT2D eigenvalue weighted by atomic mass is 32.1. The quantitative estimate of drug-likeness (QED) is 0.352. The van der Waals surface area contributed by atoms with Crippen molar-refractivity contribution in [2.75, 3.05) is 18.5 Å². The Bertz CT molecular complexity index is 993. The van der Waals surface area contributed by atoms with Crippen molar-refractivity contribution in [3.63, 3.8) is 0 Å². The molecule has 7 heteroatoms. The molecule has 0 fully saturated rings. The summed E-state index contributed by atoms with van der Waals surface area (Å²) in [6, 6.07) is 14.8. The number of thiocarbonyl (C=S) groups is 1. The van der Waals surface area contributed by atoms with Gasteiger partial charge in [-0.1, -0.05) is 50.3 Å². The summed E-state index contributed by atoms with van der Waals surface area (Å²) in [5.74, 6) is 0.902. The van der Waals surface area contributed by atoms with Gasteiger partial charge in [-0.25, -0.2) is 0 Å². The lowest BCUT2D eigenvalue weighted by molar-refractivity contribution is -0.118. The van der Waals surface area contributed by atoms with Crippen LogP contribution in [0.2, 0.25) is 0 Å². The van der Waals surface area contributed by atoms with Gasteiger partial charge in [0.2, 0.25) is 0 Å². The van der Waals surface area contributed by atoms with E-state index in [1.165, 1.54) is 0 Å². The molecule has 0 spiro atoms. The fourth-order valence-electron chi connectivity index (χ4n) is 2.77. The Hall–Kier alpha value is -3.37. The van der Waals surface area contributed by atoms with Crippen LogP contribution in [-0.2, 0) is 4.79 Å². The number of carbonyl (C=O) groups is 1. The van der Waals surface area contributed by atoms with Gasteiger partial charge in [-0.3, -0.25) is 4.79 Å². The van der Waals surface area contributed by atoms with Gasteiger partial charge in [0.25, 0.3) is 5.91 Å². The SMILES string of the molecule is CCOc1cc(/C=C(\C#N)C(N)=S)ccc1OCC(=O)Nc1ccccc1C(C)C. The fourth-order valence-corrected chi connectivity index (χ4v) is 2.88. The summed E-state index contributed by atoms with van der Waals surface area (Å²) in [5.41, 5.74) is 8.25. The van der Waals surface area contributed by atoms with E-state index in [1.54, 1.807) is 24.3 Å². The number of rotatable bonds is 9. The molecular formula is C23H25N3O3S. The summed E-state index contributed by atoms with van der Waals surface area (Å²) in [5, 5.41) is 12.0. The Morgan fingerprint density at radius 3 is 2.60 bits per heavy atom. The number of para-hydroxylation sites is 1. The molecule has 1 amide bonds. The van der Waals surface area contributed by atoms with Gasteiger partial charge in [0, 0.05) is 5.69 Å². The molecule has 30 heavy (non-hydrogen) atoms. The molecule has 0 saturated carbocycles. The molecule has 0 saturated heterocycles. The van der Waals surface area contributed by atoms with Crippen molar-refractivity contribution in [1.29, 1.82) is 5.26 Å². The highest BCUT2D eigenvalue weighted by molar-refractivity contribution is 7.80. The molecule has 0 unspecified atom stereocenters. The minimum absolute atomic E-state index is 0.0223. The van der Waals surface area contributed by atoms with Gasteiger partial charge in [0.1, 0.15) is 11.1 Å². The summed E-state index contributed by atoms with van der Waals surface area (Å²) in [4.78, 5) is 12.4. The first kappa shape index (κ1) is 22.9. The van der Waals surface area contributed by atoms with Crippen molar-refractivity contribution >= 4 is 34.9 Å². The van der Waals surface area contributed by atoms with Gasteiger partial charge in [0.05, 0.1) is 12.2 Å². The number of nitrogens with zero attached hydrogens (tertiary/aromatic N) is 1. The van der Waals surface area contributed by atoms with Crippen LogP contribution in [0, 0.1) is 11.3 Å². The third-order valence-electron chi connectivity index (χ3n) is 4.18. The van der Waals surface area contributed by atoms with Gasteiger partial charge in [-0.15, -0.1) is 0 Å². The molecule has 0 aliphatic heterocycles. The molecule has 0 aromatic heterocycles. The number of nitrogens with one attached hydrogen (secondary N) is 1. The first-order chi connectivity index (χ1) is 14.3. The number of nitrogens with two attached hydrogens (primary N) is 1. The van der Waals surface area contributed by atoms with E-state index in [0.29, 0.717) is 23.7 Å². The van der Waals surface area contributed by atoms with E-state index in [4.69, 9.17) is 32.7 Å².